The van der Waals surface area contributed by atoms with Crippen LogP contribution in [0.4, 0.5) is 11.4 Å². The Labute approximate surface area is 134 Å². The first kappa shape index (κ1) is 15.6. The van der Waals surface area contributed by atoms with Gasteiger partial charge in [-0.1, -0.05) is 12.1 Å². The summed E-state index contributed by atoms with van der Waals surface area (Å²) in [4.78, 5) is 4.56. The maximum atomic E-state index is 6.02. The van der Waals surface area contributed by atoms with Crippen molar-refractivity contribution >= 4 is 11.4 Å². The molecule has 0 aliphatic carbocycles. The maximum absolute atomic E-state index is 6.02. The van der Waals surface area contributed by atoms with Gasteiger partial charge in [0.05, 0.1) is 11.4 Å². The fourth-order valence-corrected chi connectivity index (χ4v) is 3.60. The average molecular weight is 304 g/mol. The van der Waals surface area contributed by atoms with Gasteiger partial charge in [-0.2, -0.15) is 0 Å². The lowest BCUT2D eigenvalue weighted by molar-refractivity contribution is 0.0183. The molecule has 0 N–H and O–H groups in total. The van der Waals surface area contributed by atoms with E-state index in [2.05, 4.69) is 62.0 Å². The third kappa shape index (κ3) is 2.59. The van der Waals surface area contributed by atoms with Gasteiger partial charge in [-0.25, -0.2) is 0 Å². The smallest absolute Gasteiger partial charge is 0.138 e. The first-order valence-corrected chi connectivity index (χ1v) is 8.31. The van der Waals surface area contributed by atoms with Gasteiger partial charge in [0.25, 0.3) is 0 Å². The van der Waals surface area contributed by atoms with Crippen molar-refractivity contribution in [1.29, 1.82) is 0 Å². The highest BCUT2D eigenvalue weighted by molar-refractivity contribution is 5.72. The number of ether oxygens (including phenoxy) is 2. The van der Waals surface area contributed by atoms with Crippen LogP contribution in [0.2, 0.25) is 0 Å². The van der Waals surface area contributed by atoms with Crippen LogP contribution < -0.4 is 9.80 Å². The zero-order valence-electron chi connectivity index (χ0n) is 14.3. The van der Waals surface area contributed by atoms with E-state index in [0.29, 0.717) is 0 Å². The number of benzene rings is 1. The number of anilines is 2. The van der Waals surface area contributed by atoms with Crippen molar-refractivity contribution in [2.24, 2.45) is 0 Å². The molecule has 0 spiro atoms. The van der Waals surface area contributed by atoms with Crippen molar-refractivity contribution in [3.8, 4) is 0 Å². The van der Waals surface area contributed by atoms with E-state index in [1.807, 2.05) is 0 Å². The topological polar surface area (TPSA) is 24.9 Å². The minimum Gasteiger partial charge on any atom is -0.356 e. The summed E-state index contributed by atoms with van der Waals surface area (Å²) in [7, 11) is 4.27. The van der Waals surface area contributed by atoms with Crippen molar-refractivity contribution in [2.45, 2.75) is 51.0 Å². The van der Waals surface area contributed by atoms with Gasteiger partial charge in [0.15, 0.2) is 0 Å². The average Bonchev–Trinajstić information content (AvgIpc) is 3.16. The van der Waals surface area contributed by atoms with E-state index in [9.17, 15) is 0 Å². The summed E-state index contributed by atoms with van der Waals surface area (Å²) < 4.78 is 12.0. The zero-order valence-corrected chi connectivity index (χ0v) is 14.3. The Kier molecular flexibility index (Phi) is 4.08. The fraction of sp³-hybridized carbons (Fsp3) is 0.667. The van der Waals surface area contributed by atoms with Crippen LogP contribution >= 0.6 is 0 Å². The summed E-state index contributed by atoms with van der Waals surface area (Å²) in [6.07, 6.45) is 4.38. The highest BCUT2D eigenvalue weighted by Gasteiger charge is 2.38. The van der Waals surface area contributed by atoms with Crippen LogP contribution in [0.5, 0.6) is 0 Å². The van der Waals surface area contributed by atoms with Crippen molar-refractivity contribution in [1.82, 2.24) is 0 Å². The zero-order chi connectivity index (χ0) is 15.8. The largest absolute Gasteiger partial charge is 0.356 e. The molecule has 2 saturated heterocycles. The van der Waals surface area contributed by atoms with Crippen LogP contribution in [0.1, 0.15) is 39.5 Å². The Balaban J connectivity index is 1.93. The number of para-hydroxylation sites is 2. The second-order valence-electron chi connectivity index (χ2n) is 6.86. The molecule has 0 radical (unpaired) electrons. The first-order chi connectivity index (χ1) is 10.5. The van der Waals surface area contributed by atoms with Gasteiger partial charge in [0, 0.05) is 27.3 Å². The number of nitrogens with zero attached hydrogens (tertiary/aromatic N) is 2. The summed E-state index contributed by atoms with van der Waals surface area (Å²) in [6, 6.07) is 8.55. The minimum atomic E-state index is -0.214. The lowest BCUT2D eigenvalue weighted by atomic mass is 10.1. The Morgan fingerprint density at radius 2 is 1.23 bits per heavy atom. The van der Waals surface area contributed by atoms with Gasteiger partial charge in [0.1, 0.15) is 11.4 Å². The molecule has 0 saturated carbocycles. The number of hydrogen-bond donors (Lipinski definition) is 0. The van der Waals surface area contributed by atoms with Gasteiger partial charge < -0.3 is 19.3 Å². The SMILES string of the molecule is CN(c1ccccc1N(C)C1(C)CCCO1)C1(C)CCCO1. The highest BCUT2D eigenvalue weighted by atomic mass is 16.5. The van der Waals surface area contributed by atoms with Crippen molar-refractivity contribution in [2.75, 3.05) is 37.1 Å². The second-order valence-corrected chi connectivity index (χ2v) is 6.86. The molecule has 2 unspecified atom stereocenters. The summed E-state index contributed by atoms with van der Waals surface area (Å²) in [6.45, 7) is 6.06. The van der Waals surface area contributed by atoms with E-state index >= 15 is 0 Å². The highest BCUT2D eigenvalue weighted by Crippen LogP contribution is 2.40. The number of rotatable bonds is 4. The van der Waals surface area contributed by atoms with Gasteiger partial charge in [-0.15, -0.1) is 0 Å². The normalized spacial score (nSPS) is 31.5. The predicted molar refractivity (Wildman–Crippen MR) is 90.4 cm³/mol. The Morgan fingerprint density at radius 3 is 1.55 bits per heavy atom. The molecule has 122 valence electrons. The monoisotopic (exact) mass is 304 g/mol. The van der Waals surface area contributed by atoms with E-state index in [1.165, 1.54) is 11.4 Å². The second kappa shape index (κ2) is 5.74. The fourth-order valence-electron chi connectivity index (χ4n) is 3.60. The van der Waals surface area contributed by atoms with Crippen molar-refractivity contribution in [3.63, 3.8) is 0 Å². The van der Waals surface area contributed by atoms with Gasteiger partial charge in [-0.05, 0) is 51.7 Å². The Morgan fingerprint density at radius 1 is 0.818 bits per heavy atom. The minimum absolute atomic E-state index is 0.214. The van der Waals surface area contributed by atoms with E-state index in [1.54, 1.807) is 0 Å². The van der Waals surface area contributed by atoms with Crippen molar-refractivity contribution < 1.29 is 9.47 Å². The van der Waals surface area contributed by atoms with Crippen molar-refractivity contribution in [3.05, 3.63) is 24.3 Å². The molecule has 2 heterocycles. The summed E-state index contributed by atoms with van der Waals surface area (Å²) in [5.74, 6) is 0. The lowest BCUT2D eigenvalue weighted by Gasteiger charge is -2.42. The predicted octanol–water partition coefficient (Wildman–Crippen LogP) is 3.61. The molecule has 22 heavy (non-hydrogen) atoms. The van der Waals surface area contributed by atoms with Gasteiger partial charge in [0.2, 0.25) is 0 Å². The van der Waals surface area contributed by atoms with E-state index in [-0.39, 0.29) is 11.4 Å². The molecule has 4 heteroatoms. The molecule has 2 fully saturated rings. The quantitative estimate of drug-likeness (QED) is 0.848. The molecule has 1 aromatic rings. The van der Waals surface area contributed by atoms with Gasteiger partial charge >= 0.3 is 0 Å². The van der Waals surface area contributed by atoms with Crippen LogP contribution in [-0.4, -0.2) is 38.8 Å². The molecule has 4 nitrogen and oxygen atoms in total. The van der Waals surface area contributed by atoms with E-state index < -0.39 is 0 Å². The van der Waals surface area contributed by atoms with E-state index in [0.717, 1.165) is 38.9 Å². The molecule has 0 amide bonds. The standard InChI is InChI=1S/C18H28N2O2/c1-17(11-7-13-21-17)19(3)15-9-5-6-10-16(15)20(4)18(2)12-8-14-22-18/h5-6,9-10H,7-8,11-14H2,1-4H3. The maximum Gasteiger partial charge on any atom is 0.138 e. The molecule has 2 aliphatic rings. The van der Waals surface area contributed by atoms with Crippen LogP contribution in [0.15, 0.2) is 24.3 Å². The molecule has 1 aromatic carbocycles. The molecule has 2 aliphatic heterocycles. The molecule has 0 aromatic heterocycles. The van der Waals surface area contributed by atoms with Crippen LogP contribution in [0.3, 0.4) is 0 Å². The molecular formula is C18H28N2O2. The van der Waals surface area contributed by atoms with Gasteiger partial charge in [-0.3, -0.25) is 0 Å². The summed E-state index contributed by atoms with van der Waals surface area (Å²) in [5, 5.41) is 0. The third-order valence-corrected chi connectivity index (χ3v) is 5.42. The molecule has 3 rings (SSSR count). The summed E-state index contributed by atoms with van der Waals surface area (Å²) in [5.41, 5.74) is 1.97. The first-order valence-electron chi connectivity index (χ1n) is 8.31. The van der Waals surface area contributed by atoms with Crippen LogP contribution in [0, 0.1) is 0 Å². The number of hydrogen-bond acceptors (Lipinski definition) is 4. The molecular weight excluding hydrogens is 276 g/mol. The lowest BCUT2D eigenvalue weighted by Crippen LogP contribution is -2.47. The third-order valence-electron chi connectivity index (χ3n) is 5.42. The van der Waals surface area contributed by atoms with Crippen LogP contribution in [-0.2, 0) is 9.47 Å². The molecule has 0 bridgehead atoms. The molecule has 2 atom stereocenters. The van der Waals surface area contributed by atoms with E-state index in [4.69, 9.17) is 9.47 Å². The Bertz CT molecular complexity index is 473. The summed E-state index contributed by atoms with van der Waals surface area (Å²) >= 11 is 0. The van der Waals surface area contributed by atoms with Crippen LogP contribution in [0.25, 0.3) is 0 Å². The Hall–Kier alpha value is -1.26.